The summed E-state index contributed by atoms with van der Waals surface area (Å²) in [6.07, 6.45) is -1.42. The maximum absolute atomic E-state index is 12.4. The Morgan fingerprint density at radius 1 is 1.50 bits per heavy atom. The first-order valence-corrected chi connectivity index (χ1v) is 4.41. The Morgan fingerprint density at radius 2 is 2.19 bits per heavy atom. The van der Waals surface area contributed by atoms with E-state index in [2.05, 4.69) is 10.1 Å². The molecule has 84 valence electrons. The van der Waals surface area contributed by atoms with Crippen molar-refractivity contribution >= 4 is 16.6 Å². The third kappa shape index (κ3) is 1.50. The number of aromatic nitrogens is 3. The van der Waals surface area contributed by atoms with Crippen molar-refractivity contribution < 1.29 is 8.78 Å². The molecule has 2 aromatic heterocycles. The zero-order valence-electron chi connectivity index (χ0n) is 8.32. The molecule has 0 aliphatic carbocycles. The second-order valence-corrected chi connectivity index (χ2v) is 3.27. The number of nitrogens with zero attached hydrogens (tertiary/aromatic N) is 3. The summed E-state index contributed by atoms with van der Waals surface area (Å²) >= 11 is 0. The summed E-state index contributed by atoms with van der Waals surface area (Å²) in [4.78, 5) is 15.1. The molecule has 0 bridgehead atoms. The van der Waals surface area contributed by atoms with Gasteiger partial charge in [0.25, 0.3) is 12.0 Å². The van der Waals surface area contributed by atoms with E-state index in [0.717, 1.165) is 10.7 Å². The number of pyridine rings is 1. The number of hydrogen-bond donors (Lipinski definition) is 1. The number of nitrogen functional groups attached to an aromatic ring is 1. The Hall–Kier alpha value is -2.05. The summed E-state index contributed by atoms with van der Waals surface area (Å²) in [6.45, 7) is 0. The molecule has 0 fully saturated rings. The van der Waals surface area contributed by atoms with E-state index in [9.17, 15) is 13.6 Å². The average Bonchev–Trinajstić information content (AvgIpc) is 2.22. The molecule has 0 radical (unpaired) electrons. The molecule has 5 nitrogen and oxygen atoms in total. The molecule has 0 amide bonds. The van der Waals surface area contributed by atoms with Gasteiger partial charge in [-0.05, 0) is 6.07 Å². The highest BCUT2D eigenvalue weighted by molar-refractivity contribution is 5.89. The first-order valence-electron chi connectivity index (χ1n) is 4.41. The molecule has 0 spiro atoms. The fourth-order valence-electron chi connectivity index (χ4n) is 1.42. The van der Waals surface area contributed by atoms with Crippen LogP contribution in [0.25, 0.3) is 10.8 Å². The molecular formula is C9H8F2N4O. The van der Waals surface area contributed by atoms with Crippen LogP contribution in [0.5, 0.6) is 0 Å². The Kier molecular flexibility index (Phi) is 2.30. The first-order chi connectivity index (χ1) is 7.50. The molecule has 0 saturated heterocycles. The van der Waals surface area contributed by atoms with Crippen LogP contribution in [0.1, 0.15) is 12.1 Å². The number of fused-ring (bicyclic) bond motifs is 1. The summed E-state index contributed by atoms with van der Waals surface area (Å²) in [5.41, 5.74) is 4.57. The predicted octanol–water partition coefficient (Wildman–Crippen LogP) is 0.848. The largest absolute Gasteiger partial charge is 0.383 e. The maximum Gasteiger partial charge on any atom is 0.280 e. The van der Waals surface area contributed by atoms with Gasteiger partial charge in [-0.1, -0.05) is 0 Å². The van der Waals surface area contributed by atoms with Crippen molar-refractivity contribution in [3.8, 4) is 0 Å². The van der Waals surface area contributed by atoms with E-state index in [4.69, 9.17) is 5.73 Å². The number of halogens is 2. The zero-order chi connectivity index (χ0) is 11.9. The topological polar surface area (TPSA) is 73.8 Å². The second-order valence-electron chi connectivity index (χ2n) is 3.27. The van der Waals surface area contributed by atoms with Gasteiger partial charge in [-0.25, -0.2) is 18.4 Å². The summed E-state index contributed by atoms with van der Waals surface area (Å²) < 4.78 is 25.9. The first kappa shape index (κ1) is 10.5. The fourth-order valence-corrected chi connectivity index (χ4v) is 1.42. The second kappa shape index (κ2) is 3.51. The zero-order valence-corrected chi connectivity index (χ0v) is 8.32. The lowest BCUT2D eigenvalue weighted by Gasteiger charge is -2.05. The van der Waals surface area contributed by atoms with Crippen molar-refractivity contribution in [2.24, 2.45) is 7.05 Å². The highest BCUT2D eigenvalue weighted by Crippen LogP contribution is 2.22. The fraction of sp³-hybridized carbons (Fsp3) is 0.222. The molecule has 2 heterocycles. The van der Waals surface area contributed by atoms with Gasteiger partial charge in [0, 0.05) is 12.4 Å². The van der Waals surface area contributed by atoms with E-state index >= 15 is 0 Å². The smallest absolute Gasteiger partial charge is 0.280 e. The van der Waals surface area contributed by atoms with Crippen LogP contribution in [0, 0.1) is 0 Å². The van der Waals surface area contributed by atoms with Crippen LogP contribution in [-0.2, 0) is 7.05 Å². The standard InChI is InChI=1S/C9H8F2N4O/c1-15-9(16)6-4(3-13-15)2-5(7(10)11)14-8(6)12/h2-3,7H,1H3,(H2,12,14). The summed E-state index contributed by atoms with van der Waals surface area (Å²) in [6, 6.07) is 1.12. The van der Waals surface area contributed by atoms with E-state index in [-0.39, 0.29) is 16.6 Å². The van der Waals surface area contributed by atoms with Crippen molar-refractivity contribution in [2.45, 2.75) is 6.43 Å². The molecule has 0 aromatic carbocycles. The van der Waals surface area contributed by atoms with Crippen LogP contribution in [0.3, 0.4) is 0 Å². The van der Waals surface area contributed by atoms with Gasteiger partial charge in [-0.2, -0.15) is 5.10 Å². The molecule has 0 saturated carbocycles. The number of aryl methyl sites for hydroxylation is 1. The van der Waals surface area contributed by atoms with Crippen LogP contribution in [0.15, 0.2) is 17.1 Å². The molecule has 7 heteroatoms. The number of alkyl halides is 2. The van der Waals surface area contributed by atoms with Gasteiger partial charge in [-0.3, -0.25) is 4.79 Å². The van der Waals surface area contributed by atoms with Crippen molar-refractivity contribution in [3.63, 3.8) is 0 Å². The van der Waals surface area contributed by atoms with Gasteiger partial charge in [0.15, 0.2) is 0 Å². The van der Waals surface area contributed by atoms with E-state index < -0.39 is 17.7 Å². The third-order valence-electron chi connectivity index (χ3n) is 2.20. The van der Waals surface area contributed by atoms with Gasteiger partial charge in [0.1, 0.15) is 11.5 Å². The monoisotopic (exact) mass is 226 g/mol. The minimum atomic E-state index is -2.73. The number of nitrogens with two attached hydrogens (primary N) is 1. The van der Waals surface area contributed by atoms with Crippen LogP contribution in [0.4, 0.5) is 14.6 Å². The molecular weight excluding hydrogens is 218 g/mol. The Morgan fingerprint density at radius 3 is 2.81 bits per heavy atom. The number of rotatable bonds is 1. The van der Waals surface area contributed by atoms with Gasteiger partial charge in [0.2, 0.25) is 0 Å². The van der Waals surface area contributed by atoms with Gasteiger partial charge in [-0.15, -0.1) is 0 Å². The van der Waals surface area contributed by atoms with E-state index in [1.54, 1.807) is 0 Å². The molecule has 0 aliphatic heterocycles. The quantitative estimate of drug-likeness (QED) is 0.782. The molecule has 16 heavy (non-hydrogen) atoms. The molecule has 0 aliphatic rings. The van der Waals surface area contributed by atoms with Crippen molar-refractivity contribution in [1.29, 1.82) is 0 Å². The Labute approximate surface area is 88.5 Å². The van der Waals surface area contributed by atoms with Gasteiger partial charge >= 0.3 is 0 Å². The van der Waals surface area contributed by atoms with Crippen LogP contribution < -0.4 is 11.3 Å². The molecule has 0 atom stereocenters. The summed E-state index contributed by atoms with van der Waals surface area (Å²) in [7, 11) is 1.45. The van der Waals surface area contributed by atoms with Gasteiger partial charge in [0.05, 0.1) is 11.6 Å². The maximum atomic E-state index is 12.4. The average molecular weight is 226 g/mol. The van der Waals surface area contributed by atoms with Crippen LogP contribution in [0.2, 0.25) is 0 Å². The lowest BCUT2D eigenvalue weighted by atomic mass is 10.2. The number of hydrogen-bond acceptors (Lipinski definition) is 4. The summed E-state index contributed by atoms with van der Waals surface area (Å²) in [5, 5.41) is 4.11. The molecule has 0 unspecified atom stereocenters. The molecule has 2 N–H and O–H groups in total. The summed E-state index contributed by atoms with van der Waals surface area (Å²) in [5.74, 6) is -0.198. The lowest BCUT2D eigenvalue weighted by molar-refractivity contribution is 0.146. The van der Waals surface area contributed by atoms with E-state index in [1.807, 2.05) is 0 Å². The van der Waals surface area contributed by atoms with Crippen molar-refractivity contribution in [3.05, 3.63) is 28.3 Å². The Bertz CT molecular complexity index is 608. The normalized spacial score (nSPS) is 11.2. The van der Waals surface area contributed by atoms with Gasteiger partial charge < -0.3 is 5.73 Å². The SMILES string of the molecule is Cn1ncc2cc(C(F)F)nc(N)c2c1=O. The van der Waals surface area contributed by atoms with E-state index in [0.29, 0.717) is 0 Å². The highest BCUT2D eigenvalue weighted by Gasteiger charge is 2.14. The highest BCUT2D eigenvalue weighted by atomic mass is 19.3. The molecule has 2 aromatic rings. The van der Waals surface area contributed by atoms with Crippen LogP contribution in [-0.4, -0.2) is 14.8 Å². The predicted molar refractivity (Wildman–Crippen MR) is 54.1 cm³/mol. The number of anilines is 1. The minimum absolute atomic E-state index is 0.113. The Balaban J connectivity index is 2.87. The van der Waals surface area contributed by atoms with Crippen molar-refractivity contribution in [1.82, 2.24) is 14.8 Å². The van der Waals surface area contributed by atoms with Crippen molar-refractivity contribution in [2.75, 3.05) is 5.73 Å². The van der Waals surface area contributed by atoms with Crippen LogP contribution >= 0.6 is 0 Å². The molecule has 2 rings (SSSR count). The third-order valence-corrected chi connectivity index (χ3v) is 2.20. The van der Waals surface area contributed by atoms with E-state index in [1.165, 1.54) is 13.2 Å². The lowest BCUT2D eigenvalue weighted by Crippen LogP contribution is -2.20. The minimum Gasteiger partial charge on any atom is -0.383 e.